The van der Waals surface area contributed by atoms with Crippen LogP contribution in [0.5, 0.6) is 5.75 Å². The number of para-hydroxylation sites is 1. The maximum Gasteiger partial charge on any atom is 0.265 e. The van der Waals surface area contributed by atoms with E-state index < -0.39 is 10.0 Å². The average molecular weight is 426 g/mol. The van der Waals surface area contributed by atoms with Gasteiger partial charge in [-0.1, -0.05) is 23.7 Å². The summed E-state index contributed by atoms with van der Waals surface area (Å²) in [6.07, 6.45) is 0.0472. The standard InChI is InChI=1S/C18H20ClN3O5S/c1-12(23)20-10-9-18(24)21-13-7-8-16(27-2)17(11-13)28(25,26)22-15-6-4-3-5-14(15)19/h3-8,11,22H,9-10H2,1-2H3,(H,20,23)(H,21,24). The third-order valence-corrected chi connectivity index (χ3v) is 5.30. The number of ether oxygens (including phenoxy) is 1. The van der Waals surface area contributed by atoms with Crippen molar-refractivity contribution in [1.82, 2.24) is 5.32 Å². The topological polar surface area (TPSA) is 114 Å². The zero-order valence-corrected chi connectivity index (χ0v) is 16.9. The molecule has 0 saturated carbocycles. The summed E-state index contributed by atoms with van der Waals surface area (Å²) in [4.78, 5) is 22.7. The van der Waals surface area contributed by atoms with Crippen molar-refractivity contribution in [2.45, 2.75) is 18.2 Å². The molecule has 0 fully saturated rings. The number of rotatable bonds is 8. The highest BCUT2D eigenvalue weighted by Crippen LogP contribution is 2.30. The minimum Gasteiger partial charge on any atom is -0.495 e. The maximum atomic E-state index is 12.8. The van der Waals surface area contributed by atoms with E-state index in [1.54, 1.807) is 18.2 Å². The molecule has 0 radical (unpaired) electrons. The predicted octanol–water partition coefficient (Wildman–Crippen LogP) is 2.61. The summed E-state index contributed by atoms with van der Waals surface area (Å²) in [7, 11) is -2.69. The van der Waals surface area contributed by atoms with E-state index in [1.165, 1.54) is 38.3 Å². The number of amides is 2. The molecule has 0 saturated heterocycles. The minimum atomic E-state index is -4.03. The number of benzene rings is 2. The number of halogens is 1. The Hall–Kier alpha value is -2.78. The molecule has 0 aliphatic carbocycles. The first-order valence-corrected chi connectivity index (χ1v) is 10.1. The highest BCUT2D eigenvalue weighted by Gasteiger charge is 2.21. The summed E-state index contributed by atoms with van der Waals surface area (Å²) >= 11 is 6.02. The fourth-order valence-electron chi connectivity index (χ4n) is 2.28. The highest BCUT2D eigenvalue weighted by atomic mass is 35.5. The zero-order chi connectivity index (χ0) is 20.7. The number of hydrogen-bond acceptors (Lipinski definition) is 5. The summed E-state index contributed by atoms with van der Waals surface area (Å²) in [6.45, 7) is 1.53. The first-order chi connectivity index (χ1) is 13.2. The molecule has 150 valence electrons. The Balaban J connectivity index is 2.23. The van der Waals surface area contributed by atoms with Crippen LogP contribution in [0.4, 0.5) is 11.4 Å². The Kier molecular flexibility index (Phi) is 7.24. The summed E-state index contributed by atoms with van der Waals surface area (Å²) in [5.41, 5.74) is 0.490. The van der Waals surface area contributed by atoms with Gasteiger partial charge in [0.25, 0.3) is 10.0 Å². The molecule has 8 nitrogen and oxygen atoms in total. The fraction of sp³-hybridized carbons (Fsp3) is 0.222. The zero-order valence-electron chi connectivity index (χ0n) is 15.3. The molecule has 2 rings (SSSR count). The Bertz CT molecular complexity index is 979. The molecule has 3 N–H and O–H groups in total. The molecule has 0 bridgehead atoms. The van der Waals surface area contributed by atoms with Gasteiger partial charge in [0.1, 0.15) is 10.6 Å². The second-order valence-electron chi connectivity index (χ2n) is 5.73. The molecule has 0 aliphatic heterocycles. The number of hydrogen-bond donors (Lipinski definition) is 3. The van der Waals surface area contributed by atoms with Crippen LogP contribution in [-0.2, 0) is 19.6 Å². The van der Waals surface area contributed by atoms with Crippen molar-refractivity contribution in [3.05, 3.63) is 47.5 Å². The van der Waals surface area contributed by atoms with Gasteiger partial charge in [-0.2, -0.15) is 0 Å². The molecular weight excluding hydrogens is 406 g/mol. The SMILES string of the molecule is COc1ccc(NC(=O)CCNC(C)=O)cc1S(=O)(=O)Nc1ccccc1Cl. The molecule has 0 spiro atoms. The van der Waals surface area contributed by atoms with Crippen molar-refractivity contribution in [1.29, 1.82) is 0 Å². The quantitative estimate of drug-likeness (QED) is 0.601. The molecule has 10 heteroatoms. The summed E-state index contributed by atoms with van der Waals surface area (Å²) < 4.78 is 33.2. The third kappa shape index (κ3) is 5.86. The molecule has 0 aliphatic rings. The van der Waals surface area contributed by atoms with Crippen LogP contribution in [0.15, 0.2) is 47.4 Å². The van der Waals surface area contributed by atoms with Crippen molar-refractivity contribution in [2.75, 3.05) is 23.7 Å². The van der Waals surface area contributed by atoms with Crippen molar-refractivity contribution in [3.63, 3.8) is 0 Å². The smallest absolute Gasteiger partial charge is 0.265 e. The van der Waals surface area contributed by atoms with Gasteiger partial charge >= 0.3 is 0 Å². The monoisotopic (exact) mass is 425 g/mol. The van der Waals surface area contributed by atoms with Crippen LogP contribution in [0.1, 0.15) is 13.3 Å². The second-order valence-corrected chi connectivity index (χ2v) is 7.79. The lowest BCUT2D eigenvalue weighted by Crippen LogP contribution is -2.25. The highest BCUT2D eigenvalue weighted by molar-refractivity contribution is 7.92. The number of anilines is 2. The molecule has 0 aromatic heterocycles. The molecule has 0 atom stereocenters. The third-order valence-electron chi connectivity index (χ3n) is 3.58. The lowest BCUT2D eigenvalue weighted by Gasteiger charge is -2.14. The van der Waals surface area contributed by atoms with E-state index >= 15 is 0 Å². The molecular formula is C18H20ClN3O5S. The Morgan fingerprint density at radius 3 is 2.50 bits per heavy atom. The molecule has 0 heterocycles. The van der Waals surface area contributed by atoms with Crippen LogP contribution in [0.25, 0.3) is 0 Å². The van der Waals surface area contributed by atoms with Crippen LogP contribution in [0.3, 0.4) is 0 Å². The van der Waals surface area contributed by atoms with E-state index in [2.05, 4.69) is 15.4 Å². The van der Waals surface area contributed by atoms with Crippen molar-refractivity contribution in [3.8, 4) is 5.75 Å². The maximum absolute atomic E-state index is 12.8. The number of nitrogens with one attached hydrogen (secondary N) is 3. The lowest BCUT2D eigenvalue weighted by molar-refractivity contribution is -0.119. The van der Waals surface area contributed by atoms with Crippen LogP contribution in [0, 0.1) is 0 Å². The average Bonchev–Trinajstić information content (AvgIpc) is 2.63. The number of carbonyl (C=O) groups is 2. The van der Waals surface area contributed by atoms with E-state index in [-0.39, 0.29) is 51.8 Å². The number of methoxy groups -OCH3 is 1. The molecule has 2 amide bonds. The van der Waals surface area contributed by atoms with Crippen LogP contribution in [0.2, 0.25) is 5.02 Å². The lowest BCUT2D eigenvalue weighted by atomic mass is 10.3. The fourth-order valence-corrected chi connectivity index (χ4v) is 3.80. The first-order valence-electron chi connectivity index (χ1n) is 8.22. The Morgan fingerprint density at radius 2 is 1.86 bits per heavy atom. The van der Waals surface area contributed by atoms with Crippen molar-refractivity contribution < 1.29 is 22.7 Å². The van der Waals surface area contributed by atoms with Gasteiger partial charge in [-0.05, 0) is 30.3 Å². The summed E-state index contributed by atoms with van der Waals surface area (Å²) in [5, 5.41) is 5.34. The van der Waals surface area contributed by atoms with Gasteiger partial charge in [0, 0.05) is 25.6 Å². The van der Waals surface area contributed by atoms with E-state index in [0.29, 0.717) is 0 Å². The molecule has 2 aromatic carbocycles. The first kappa shape index (κ1) is 21.5. The van der Waals surface area contributed by atoms with Gasteiger partial charge in [-0.15, -0.1) is 0 Å². The molecule has 2 aromatic rings. The van der Waals surface area contributed by atoms with Gasteiger partial charge in [-0.25, -0.2) is 8.42 Å². The Morgan fingerprint density at radius 1 is 1.14 bits per heavy atom. The van der Waals surface area contributed by atoms with Gasteiger partial charge < -0.3 is 15.4 Å². The van der Waals surface area contributed by atoms with E-state index in [1.807, 2.05) is 0 Å². The number of sulfonamides is 1. The molecule has 0 unspecified atom stereocenters. The largest absolute Gasteiger partial charge is 0.495 e. The van der Waals surface area contributed by atoms with Gasteiger partial charge in [0.05, 0.1) is 17.8 Å². The van der Waals surface area contributed by atoms with Crippen molar-refractivity contribution in [2.24, 2.45) is 0 Å². The van der Waals surface area contributed by atoms with Crippen LogP contribution >= 0.6 is 11.6 Å². The van der Waals surface area contributed by atoms with Crippen molar-refractivity contribution >= 4 is 44.8 Å². The summed E-state index contributed by atoms with van der Waals surface area (Å²) in [6, 6.07) is 10.6. The van der Waals surface area contributed by atoms with Gasteiger partial charge in [0.2, 0.25) is 11.8 Å². The van der Waals surface area contributed by atoms with Crippen LogP contribution in [-0.4, -0.2) is 33.9 Å². The van der Waals surface area contributed by atoms with Crippen LogP contribution < -0.4 is 20.1 Å². The second kappa shape index (κ2) is 9.43. The van der Waals surface area contributed by atoms with Gasteiger partial charge in [0.15, 0.2) is 0 Å². The predicted molar refractivity (Wildman–Crippen MR) is 107 cm³/mol. The number of carbonyl (C=O) groups excluding carboxylic acids is 2. The van der Waals surface area contributed by atoms with E-state index in [0.717, 1.165) is 0 Å². The van der Waals surface area contributed by atoms with E-state index in [4.69, 9.17) is 16.3 Å². The summed E-state index contributed by atoms with van der Waals surface area (Å²) in [5.74, 6) is -0.506. The van der Waals surface area contributed by atoms with E-state index in [9.17, 15) is 18.0 Å². The van der Waals surface area contributed by atoms with Gasteiger partial charge in [-0.3, -0.25) is 14.3 Å². The Labute approximate surface area is 168 Å². The molecule has 28 heavy (non-hydrogen) atoms. The minimum absolute atomic E-state index is 0.0472. The normalized spacial score (nSPS) is 10.8.